The molecule has 29 heavy (non-hydrogen) atoms. The van der Waals surface area contributed by atoms with Crippen molar-refractivity contribution < 1.29 is 19.1 Å². The highest BCUT2D eigenvalue weighted by molar-refractivity contribution is 6.07. The molecule has 160 valence electrons. The fourth-order valence-corrected chi connectivity index (χ4v) is 4.75. The van der Waals surface area contributed by atoms with Crippen LogP contribution in [-0.4, -0.2) is 61.8 Å². The molecule has 1 unspecified atom stereocenters. The molecule has 3 atom stereocenters. The van der Waals surface area contributed by atoms with Gasteiger partial charge in [0.05, 0.1) is 20.9 Å². The molecule has 1 heterocycles. The van der Waals surface area contributed by atoms with Crippen LogP contribution >= 0.6 is 0 Å². The number of imide groups is 1. The predicted molar refractivity (Wildman–Crippen MR) is 111 cm³/mol. The Kier molecular flexibility index (Phi) is 6.36. The van der Waals surface area contributed by atoms with E-state index in [1.54, 1.807) is 14.2 Å². The number of likely N-dealkylation sites (N-methyl/N-ethyl adjacent to an activating group) is 1. The molecule has 1 aromatic rings. The summed E-state index contributed by atoms with van der Waals surface area (Å²) in [4.78, 5) is 29.3. The number of hydrogen-bond acceptors (Lipinski definition) is 5. The van der Waals surface area contributed by atoms with Crippen LogP contribution in [0.4, 0.5) is 4.79 Å². The third kappa shape index (κ3) is 3.92. The third-order valence-corrected chi connectivity index (χ3v) is 6.60. The number of benzene rings is 1. The SMILES string of the molecule is COc1ccc(CCN(C)CN2C(=O)NC3(C2=O)[C@H](C)CCC[C@@H]3C)cc1OC. The second-order valence-electron chi connectivity index (χ2n) is 8.43. The third-order valence-electron chi connectivity index (χ3n) is 6.60. The normalized spacial score (nSPS) is 26.9. The number of urea groups is 1. The number of carbonyl (C=O) groups excluding carboxylic acids is 2. The van der Waals surface area contributed by atoms with E-state index in [9.17, 15) is 9.59 Å². The van der Waals surface area contributed by atoms with E-state index in [2.05, 4.69) is 19.2 Å². The van der Waals surface area contributed by atoms with Gasteiger partial charge in [-0.25, -0.2) is 9.69 Å². The average molecular weight is 404 g/mol. The molecule has 1 spiro atoms. The van der Waals surface area contributed by atoms with E-state index in [1.165, 1.54) is 4.90 Å². The van der Waals surface area contributed by atoms with Gasteiger partial charge in [-0.05, 0) is 55.8 Å². The molecule has 2 aliphatic rings. The van der Waals surface area contributed by atoms with Gasteiger partial charge in [0.25, 0.3) is 5.91 Å². The molecule has 1 aliphatic heterocycles. The number of rotatable bonds is 7. The number of ether oxygens (including phenoxy) is 2. The van der Waals surface area contributed by atoms with E-state index in [0.29, 0.717) is 24.7 Å². The maximum absolute atomic E-state index is 13.3. The Hall–Kier alpha value is -2.28. The highest BCUT2D eigenvalue weighted by Crippen LogP contribution is 2.42. The first-order valence-corrected chi connectivity index (χ1v) is 10.4. The van der Waals surface area contributed by atoms with Crippen molar-refractivity contribution in [3.8, 4) is 11.5 Å². The van der Waals surface area contributed by atoms with Crippen LogP contribution in [0.5, 0.6) is 11.5 Å². The van der Waals surface area contributed by atoms with Crippen LogP contribution in [0.15, 0.2) is 18.2 Å². The van der Waals surface area contributed by atoms with Crippen LogP contribution in [0, 0.1) is 11.8 Å². The van der Waals surface area contributed by atoms with Gasteiger partial charge in [-0.3, -0.25) is 9.69 Å². The number of amides is 3. The van der Waals surface area contributed by atoms with Gasteiger partial charge in [-0.1, -0.05) is 26.3 Å². The standard InChI is InChI=1S/C22H33N3O4/c1-15-7-6-8-16(2)22(15)20(26)25(21(27)23-22)14-24(3)12-11-17-9-10-18(28-4)19(13-17)29-5/h9-10,13,15-16H,6-8,11-12,14H2,1-5H3,(H,23,27)/t15-,16+,22?. The Morgan fingerprint density at radius 3 is 2.41 bits per heavy atom. The first-order valence-electron chi connectivity index (χ1n) is 10.4. The van der Waals surface area contributed by atoms with Gasteiger partial charge >= 0.3 is 6.03 Å². The number of hydrogen-bond donors (Lipinski definition) is 1. The van der Waals surface area contributed by atoms with E-state index < -0.39 is 5.54 Å². The minimum atomic E-state index is -0.737. The van der Waals surface area contributed by atoms with Gasteiger partial charge in [0, 0.05) is 6.54 Å². The van der Waals surface area contributed by atoms with Crippen molar-refractivity contribution in [3.05, 3.63) is 23.8 Å². The number of carbonyl (C=O) groups is 2. The van der Waals surface area contributed by atoms with Crippen molar-refractivity contribution in [3.63, 3.8) is 0 Å². The second-order valence-corrected chi connectivity index (χ2v) is 8.43. The molecule has 1 aliphatic carbocycles. The number of nitrogens with one attached hydrogen (secondary N) is 1. The molecule has 1 aromatic carbocycles. The second kappa shape index (κ2) is 8.61. The lowest BCUT2D eigenvalue weighted by Gasteiger charge is -2.42. The monoisotopic (exact) mass is 403 g/mol. The van der Waals surface area contributed by atoms with Crippen molar-refractivity contribution >= 4 is 11.9 Å². The lowest BCUT2D eigenvalue weighted by molar-refractivity contribution is -0.137. The van der Waals surface area contributed by atoms with Crippen molar-refractivity contribution in [2.24, 2.45) is 11.8 Å². The summed E-state index contributed by atoms with van der Waals surface area (Å²) in [6.45, 7) is 5.17. The predicted octanol–water partition coefficient (Wildman–Crippen LogP) is 2.88. The molecular weight excluding hydrogens is 370 g/mol. The molecular formula is C22H33N3O4. The zero-order valence-corrected chi connectivity index (χ0v) is 18.2. The van der Waals surface area contributed by atoms with Gasteiger partial charge in [-0.2, -0.15) is 0 Å². The fourth-order valence-electron chi connectivity index (χ4n) is 4.75. The number of nitrogens with zero attached hydrogens (tertiary/aromatic N) is 2. The first kappa shape index (κ1) is 21.4. The number of methoxy groups -OCH3 is 2. The van der Waals surface area contributed by atoms with Crippen LogP contribution in [0.3, 0.4) is 0 Å². The van der Waals surface area contributed by atoms with E-state index >= 15 is 0 Å². The molecule has 1 saturated carbocycles. The van der Waals surface area contributed by atoms with E-state index in [-0.39, 0.29) is 23.8 Å². The summed E-state index contributed by atoms with van der Waals surface area (Å²) in [6.07, 6.45) is 3.83. The maximum atomic E-state index is 13.3. The lowest BCUT2D eigenvalue weighted by atomic mass is 9.67. The van der Waals surface area contributed by atoms with Gasteiger partial charge < -0.3 is 14.8 Å². The smallest absolute Gasteiger partial charge is 0.326 e. The van der Waals surface area contributed by atoms with Crippen LogP contribution in [0.25, 0.3) is 0 Å². The quantitative estimate of drug-likeness (QED) is 0.709. The highest BCUT2D eigenvalue weighted by atomic mass is 16.5. The zero-order chi connectivity index (χ0) is 21.2. The summed E-state index contributed by atoms with van der Waals surface area (Å²) in [5.74, 6) is 1.64. The summed E-state index contributed by atoms with van der Waals surface area (Å²) in [5, 5.41) is 3.06. The van der Waals surface area contributed by atoms with Crippen molar-refractivity contribution in [2.75, 3.05) is 34.5 Å². The van der Waals surface area contributed by atoms with Crippen molar-refractivity contribution in [1.82, 2.24) is 15.1 Å². The largest absolute Gasteiger partial charge is 0.493 e. The molecule has 1 N–H and O–H groups in total. The van der Waals surface area contributed by atoms with E-state index in [1.807, 2.05) is 30.1 Å². The van der Waals surface area contributed by atoms with Crippen LogP contribution in [-0.2, 0) is 11.2 Å². The molecule has 7 nitrogen and oxygen atoms in total. The first-order chi connectivity index (χ1) is 13.8. The Bertz CT molecular complexity index is 756. The molecule has 2 fully saturated rings. The van der Waals surface area contributed by atoms with Crippen LogP contribution in [0.2, 0.25) is 0 Å². The molecule has 3 amide bonds. The van der Waals surface area contributed by atoms with Crippen molar-refractivity contribution in [1.29, 1.82) is 0 Å². The van der Waals surface area contributed by atoms with Crippen LogP contribution < -0.4 is 14.8 Å². The lowest BCUT2D eigenvalue weighted by Crippen LogP contribution is -2.59. The molecule has 0 radical (unpaired) electrons. The summed E-state index contributed by atoms with van der Waals surface area (Å²) in [5.41, 5.74) is 0.372. The van der Waals surface area contributed by atoms with Gasteiger partial charge in [-0.15, -0.1) is 0 Å². The molecule has 7 heteroatoms. The minimum absolute atomic E-state index is 0.0693. The summed E-state index contributed by atoms with van der Waals surface area (Å²) in [7, 11) is 5.17. The van der Waals surface area contributed by atoms with E-state index in [0.717, 1.165) is 31.2 Å². The summed E-state index contributed by atoms with van der Waals surface area (Å²) >= 11 is 0. The Morgan fingerprint density at radius 1 is 1.14 bits per heavy atom. The zero-order valence-electron chi connectivity index (χ0n) is 18.2. The van der Waals surface area contributed by atoms with Gasteiger partial charge in [0.15, 0.2) is 11.5 Å². The topological polar surface area (TPSA) is 71.1 Å². The molecule has 0 bridgehead atoms. The van der Waals surface area contributed by atoms with E-state index in [4.69, 9.17) is 9.47 Å². The van der Waals surface area contributed by atoms with Crippen LogP contribution in [0.1, 0.15) is 38.7 Å². The molecule has 3 rings (SSSR count). The Labute approximate surface area is 173 Å². The Morgan fingerprint density at radius 2 is 1.79 bits per heavy atom. The average Bonchev–Trinajstić information content (AvgIpc) is 2.96. The van der Waals surface area contributed by atoms with Crippen molar-refractivity contribution in [2.45, 2.75) is 45.1 Å². The maximum Gasteiger partial charge on any atom is 0.326 e. The van der Waals surface area contributed by atoms with Gasteiger partial charge in [0.2, 0.25) is 0 Å². The molecule has 0 aromatic heterocycles. The highest BCUT2D eigenvalue weighted by Gasteiger charge is 2.58. The summed E-state index contributed by atoms with van der Waals surface area (Å²) in [6, 6.07) is 5.58. The molecule has 1 saturated heterocycles. The minimum Gasteiger partial charge on any atom is -0.493 e. The Balaban J connectivity index is 1.63. The summed E-state index contributed by atoms with van der Waals surface area (Å²) < 4.78 is 10.6. The fraction of sp³-hybridized carbons (Fsp3) is 0.636. The van der Waals surface area contributed by atoms with Gasteiger partial charge in [0.1, 0.15) is 5.54 Å².